The summed E-state index contributed by atoms with van der Waals surface area (Å²) in [7, 11) is 1.71. The maximum Gasteiger partial charge on any atom is 0.246 e. The average molecular weight is 484 g/mol. The summed E-state index contributed by atoms with van der Waals surface area (Å²) in [6.45, 7) is 4.33. The van der Waals surface area contributed by atoms with Crippen LogP contribution in [0, 0.1) is 0 Å². The van der Waals surface area contributed by atoms with Crippen LogP contribution in [0.3, 0.4) is 0 Å². The predicted octanol–water partition coefficient (Wildman–Crippen LogP) is 2.85. The summed E-state index contributed by atoms with van der Waals surface area (Å²) < 4.78 is 10.9. The number of hydrogen-bond acceptors (Lipinski definition) is 5. The van der Waals surface area contributed by atoms with Crippen LogP contribution in [0.5, 0.6) is 0 Å². The molecule has 2 heterocycles. The zero-order chi connectivity index (χ0) is 22.9. The Hall–Kier alpha value is -1.64. The van der Waals surface area contributed by atoms with Crippen molar-refractivity contribution in [2.45, 2.75) is 31.4 Å². The molecule has 1 aromatic rings. The fourth-order valence-corrected chi connectivity index (χ4v) is 4.25. The molecule has 2 saturated heterocycles. The number of carbonyl (C=O) groups is 2. The molecule has 176 valence electrons. The quantitative estimate of drug-likeness (QED) is 0.454. The minimum Gasteiger partial charge on any atom is -0.379 e. The standard InChI is InChI=1S/C23H31Cl2N3O4/c1-31-21-16-32-14-8-20(21)26-9-2-10-27-12-13-28(11-7-23(27)30)22(29)6-4-17-3-5-18(24)19(25)15-17/h3-6,15,20-21,26H,2,7-14,16H2,1H3/t20-,21+/m1/s1. The Bertz CT molecular complexity index is 820. The van der Waals surface area contributed by atoms with Crippen molar-refractivity contribution in [3.63, 3.8) is 0 Å². The molecule has 7 nitrogen and oxygen atoms in total. The van der Waals surface area contributed by atoms with Crippen LogP contribution in [0.1, 0.15) is 24.8 Å². The molecule has 0 saturated carbocycles. The Morgan fingerprint density at radius 3 is 2.91 bits per heavy atom. The van der Waals surface area contributed by atoms with Gasteiger partial charge in [-0.1, -0.05) is 29.3 Å². The van der Waals surface area contributed by atoms with Gasteiger partial charge in [-0.2, -0.15) is 0 Å². The van der Waals surface area contributed by atoms with Crippen molar-refractivity contribution in [1.29, 1.82) is 0 Å². The van der Waals surface area contributed by atoms with Crippen molar-refractivity contribution in [3.8, 4) is 0 Å². The summed E-state index contributed by atoms with van der Waals surface area (Å²) in [6.07, 6.45) is 5.41. The highest BCUT2D eigenvalue weighted by Crippen LogP contribution is 2.23. The highest BCUT2D eigenvalue weighted by Gasteiger charge is 2.25. The molecule has 3 rings (SSSR count). The van der Waals surface area contributed by atoms with Crippen molar-refractivity contribution in [2.24, 2.45) is 0 Å². The molecule has 2 aliphatic rings. The third-order valence-corrected chi connectivity index (χ3v) is 6.62. The van der Waals surface area contributed by atoms with Crippen LogP contribution < -0.4 is 5.32 Å². The van der Waals surface area contributed by atoms with Gasteiger partial charge in [-0.25, -0.2) is 0 Å². The summed E-state index contributed by atoms with van der Waals surface area (Å²) >= 11 is 11.9. The minimum atomic E-state index is -0.113. The number of nitrogens with one attached hydrogen (secondary N) is 1. The van der Waals surface area contributed by atoms with E-state index in [9.17, 15) is 9.59 Å². The Kier molecular flexibility index (Phi) is 9.81. The van der Waals surface area contributed by atoms with Gasteiger partial charge in [0.15, 0.2) is 0 Å². The zero-order valence-electron chi connectivity index (χ0n) is 18.4. The van der Waals surface area contributed by atoms with Gasteiger partial charge in [0.2, 0.25) is 11.8 Å². The fraction of sp³-hybridized carbons (Fsp3) is 0.565. The lowest BCUT2D eigenvalue weighted by Gasteiger charge is -2.31. The number of ether oxygens (including phenoxy) is 2. The van der Waals surface area contributed by atoms with E-state index in [-0.39, 0.29) is 24.0 Å². The molecule has 0 bridgehead atoms. The number of nitrogens with zero attached hydrogens (tertiary/aromatic N) is 2. The molecule has 32 heavy (non-hydrogen) atoms. The molecule has 0 aromatic heterocycles. The Labute approximate surface area is 199 Å². The normalized spacial score (nSPS) is 22.4. The van der Waals surface area contributed by atoms with E-state index in [1.54, 1.807) is 36.3 Å². The summed E-state index contributed by atoms with van der Waals surface area (Å²) in [5.74, 6) is -0.0212. The fourth-order valence-electron chi connectivity index (χ4n) is 3.95. The Morgan fingerprint density at radius 1 is 1.28 bits per heavy atom. The van der Waals surface area contributed by atoms with Crippen LogP contribution in [-0.4, -0.2) is 86.8 Å². The number of carbonyl (C=O) groups excluding carboxylic acids is 2. The monoisotopic (exact) mass is 483 g/mol. The first-order valence-electron chi connectivity index (χ1n) is 11.0. The molecule has 0 radical (unpaired) electrons. The molecule has 0 unspecified atom stereocenters. The Morgan fingerprint density at radius 2 is 2.12 bits per heavy atom. The van der Waals surface area contributed by atoms with E-state index < -0.39 is 0 Å². The predicted molar refractivity (Wildman–Crippen MR) is 126 cm³/mol. The van der Waals surface area contributed by atoms with Crippen LogP contribution in [0.2, 0.25) is 10.0 Å². The molecular weight excluding hydrogens is 453 g/mol. The molecule has 0 aliphatic carbocycles. The maximum atomic E-state index is 12.6. The number of hydrogen-bond donors (Lipinski definition) is 1. The van der Waals surface area contributed by atoms with Crippen molar-refractivity contribution in [2.75, 3.05) is 53.0 Å². The van der Waals surface area contributed by atoms with Crippen LogP contribution in [0.15, 0.2) is 24.3 Å². The molecule has 0 spiro atoms. The number of methoxy groups -OCH3 is 1. The highest BCUT2D eigenvalue weighted by atomic mass is 35.5. The summed E-state index contributed by atoms with van der Waals surface area (Å²) in [5.41, 5.74) is 0.799. The van der Waals surface area contributed by atoms with Gasteiger partial charge in [0, 0.05) is 58.4 Å². The summed E-state index contributed by atoms with van der Waals surface area (Å²) in [4.78, 5) is 28.7. The molecule has 9 heteroatoms. The van der Waals surface area contributed by atoms with Gasteiger partial charge in [0.1, 0.15) is 0 Å². The number of rotatable bonds is 8. The van der Waals surface area contributed by atoms with E-state index in [1.165, 1.54) is 6.08 Å². The first-order valence-corrected chi connectivity index (χ1v) is 11.8. The van der Waals surface area contributed by atoms with Gasteiger partial charge in [0.05, 0.1) is 22.8 Å². The van der Waals surface area contributed by atoms with E-state index in [4.69, 9.17) is 32.7 Å². The van der Waals surface area contributed by atoms with Gasteiger partial charge in [-0.15, -0.1) is 0 Å². The van der Waals surface area contributed by atoms with Gasteiger partial charge in [0.25, 0.3) is 0 Å². The third kappa shape index (κ3) is 7.18. The second-order valence-corrected chi connectivity index (χ2v) is 8.83. The van der Waals surface area contributed by atoms with E-state index >= 15 is 0 Å². The molecule has 2 aliphatic heterocycles. The number of amides is 2. The molecule has 2 fully saturated rings. The van der Waals surface area contributed by atoms with E-state index in [0.717, 1.165) is 31.6 Å². The molecule has 2 amide bonds. The summed E-state index contributed by atoms with van der Waals surface area (Å²) in [5, 5.41) is 4.45. The van der Waals surface area contributed by atoms with Gasteiger partial charge in [-0.05, 0) is 43.2 Å². The first kappa shape index (κ1) is 25.0. The van der Waals surface area contributed by atoms with Gasteiger partial charge < -0.3 is 24.6 Å². The molecule has 1 N–H and O–H groups in total. The van der Waals surface area contributed by atoms with E-state index in [1.807, 2.05) is 4.90 Å². The minimum absolute atomic E-state index is 0.0695. The van der Waals surface area contributed by atoms with E-state index in [2.05, 4.69) is 5.32 Å². The van der Waals surface area contributed by atoms with Crippen LogP contribution in [0.25, 0.3) is 6.08 Å². The van der Waals surface area contributed by atoms with E-state index in [0.29, 0.717) is 49.3 Å². The highest BCUT2D eigenvalue weighted by molar-refractivity contribution is 6.42. The number of benzene rings is 1. The van der Waals surface area contributed by atoms with Crippen molar-refractivity contribution < 1.29 is 19.1 Å². The van der Waals surface area contributed by atoms with Crippen LogP contribution in [0.4, 0.5) is 0 Å². The first-order chi connectivity index (χ1) is 15.5. The van der Waals surface area contributed by atoms with Gasteiger partial charge >= 0.3 is 0 Å². The van der Waals surface area contributed by atoms with Crippen molar-refractivity contribution in [1.82, 2.24) is 15.1 Å². The van der Waals surface area contributed by atoms with Crippen LogP contribution in [-0.2, 0) is 19.1 Å². The topological polar surface area (TPSA) is 71.1 Å². The average Bonchev–Trinajstić information content (AvgIpc) is 2.99. The third-order valence-electron chi connectivity index (χ3n) is 5.88. The molecular formula is C23H31Cl2N3O4. The molecule has 2 atom stereocenters. The number of halogens is 2. The lowest BCUT2D eigenvalue weighted by atomic mass is 10.1. The van der Waals surface area contributed by atoms with Crippen molar-refractivity contribution in [3.05, 3.63) is 39.9 Å². The maximum absolute atomic E-state index is 12.6. The van der Waals surface area contributed by atoms with Crippen molar-refractivity contribution >= 4 is 41.1 Å². The smallest absolute Gasteiger partial charge is 0.246 e. The second-order valence-electron chi connectivity index (χ2n) is 8.01. The SMILES string of the molecule is CO[C@H]1COCC[C@H]1NCCCN1CCN(C(=O)C=Cc2ccc(Cl)c(Cl)c2)CCC1=O. The molecule has 1 aromatic carbocycles. The second kappa shape index (κ2) is 12.6. The zero-order valence-corrected chi connectivity index (χ0v) is 19.9. The lowest BCUT2D eigenvalue weighted by molar-refractivity contribution is -0.130. The van der Waals surface area contributed by atoms with Gasteiger partial charge in [-0.3, -0.25) is 9.59 Å². The summed E-state index contributed by atoms with van der Waals surface area (Å²) in [6, 6.07) is 5.49. The largest absolute Gasteiger partial charge is 0.379 e. The lowest BCUT2D eigenvalue weighted by Crippen LogP contribution is -2.48. The van der Waals surface area contributed by atoms with Crippen LogP contribution >= 0.6 is 23.2 Å². The Balaban J connectivity index is 1.43.